The summed E-state index contributed by atoms with van der Waals surface area (Å²) in [5, 5.41) is 3.31. The van der Waals surface area contributed by atoms with E-state index in [0.717, 1.165) is 5.82 Å². The van der Waals surface area contributed by atoms with Crippen LogP contribution in [0.1, 0.15) is 26.6 Å². The standard InChI is InChI=1S/C12H22N4O/c1-5-17-12-6-11(14-9(4)15-12)16-10(7-13)8(2)3/h6,8,10H,5,7,13H2,1-4H3,(H,14,15,16). The first-order chi connectivity index (χ1) is 8.06. The molecule has 1 rings (SSSR count). The number of rotatable bonds is 6. The number of nitrogens with one attached hydrogen (secondary N) is 1. The smallest absolute Gasteiger partial charge is 0.218 e. The zero-order valence-corrected chi connectivity index (χ0v) is 11.0. The first kappa shape index (κ1) is 13.7. The SMILES string of the molecule is CCOc1cc(NC(CN)C(C)C)nc(C)n1. The summed E-state index contributed by atoms with van der Waals surface area (Å²) in [5.41, 5.74) is 5.72. The zero-order chi connectivity index (χ0) is 12.8. The molecular weight excluding hydrogens is 216 g/mol. The summed E-state index contributed by atoms with van der Waals surface area (Å²) in [4.78, 5) is 8.53. The second kappa shape index (κ2) is 6.39. The molecule has 0 saturated heterocycles. The Labute approximate surface area is 103 Å². The van der Waals surface area contributed by atoms with Crippen LogP contribution >= 0.6 is 0 Å². The second-order valence-corrected chi connectivity index (χ2v) is 4.30. The lowest BCUT2D eigenvalue weighted by Crippen LogP contribution is -2.34. The Balaban J connectivity index is 2.82. The fourth-order valence-corrected chi connectivity index (χ4v) is 1.52. The first-order valence-corrected chi connectivity index (χ1v) is 6.01. The van der Waals surface area contributed by atoms with Gasteiger partial charge in [0.2, 0.25) is 5.88 Å². The van der Waals surface area contributed by atoms with E-state index in [1.54, 1.807) is 0 Å². The number of hydrogen-bond donors (Lipinski definition) is 2. The van der Waals surface area contributed by atoms with E-state index < -0.39 is 0 Å². The highest BCUT2D eigenvalue weighted by molar-refractivity contribution is 5.39. The fourth-order valence-electron chi connectivity index (χ4n) is 1.52. The Morgan fingerprint density at radius 1 is 1.41 bits per heavy atom. The molecule has 0 aliphatic carbocycles. The Morgan fingerprint density at radius 2 is 2.12 bits per heavy atom. The lowest BCUT2D eigenvalue weighted by atomic mass is 10.1. The van der Waals surface area contributed by atoms with E-state index in [9.17, 15) is 0 Å². The van der Waals surface area contributed by atoms with Gasteiger partial charge in [-0.3, -0.25) is 0 Å². The van der Waals surface area contributed by atoms with E-state index in [0.29, 0.717) is 30.8 Å². The molecular formula is C12H22N4O. The summed E-state index contributed by atoms with van der Waals surface area (Å²) in [6.45, 7) is 9.21. The molecule has 1 aromatic rings. The third-order valence-corrected chi connectivity index (χ3v) is 2.50. The Bertz CT molecular complexity index is 354. The molecule has 0 spiro atoms. The highest BCUT2D eigenvalue weighted by atomic mass is 16.5. The first-order valence-electron chi connectivity index (χ1n) is 6.01. The van der Waals surface area contributed by atoms with Crippen LogP contribution in [0.4, 0.5) is 5.82 Å². The van der Waals surface area contributed by atoms with E-state index in [2.05, 4.69) is 29.1 Å². The molecule has 0 aliphatic rings. The zero-order valence-electron chi connectivity index (χ0n) is 11.0. The van der Waals surface area contributed by atoms with Gasteiger partial charge in [-0.2, -0.15) is 4.98 Å². The van der Waals surface area contributed by atoms with Crippen molar-refractivity contribution in [3.05, 3.63) is 11.9 Å². The maximum absolute atomic E-state index is 5.72. The van der Waals surface area contributed by atoms with Crippen LogP contribution in [0.15, 0.2) is 6.07 Å². The minimum absolute atomic E-state index is 0.207. The van der Waals surface area contributed by atoms with Gasteiger partial charge in [-0.1, -0.05) is 13.8 Å². The van der Waals surface area contributed by atoms with Gasteiger partial charge in [0, 0.05) is 18.7 Å². The van der Waals surface area contributed by atoms with Crippen molar-refractivity contribution in [1.82, 2.24) is 9.97 Å². The average molecular weight is 238 g/mol. The van der Waals surface area contributed by atoms with E-state index in [1.807, 2.05) is 19.9 Å². The van der Waals surface area contributed by atoms with Gasteiger partial charge in [0.15, 0.2) is 0 Å². The number of ether oxygens (including phenoxy) is 1. The van der Waals surface area contributed by atoms with E-state index >= 15 is 0 Å². The van der Waals surface area contributed by atoms with Crippen molar-refractivity contribution in [3.8, 4) is 5.88 Å². The number of aromatic nitrogens is 2. The number of nitrogens with two attached hydrogens (primary N) is 1. The van der Waals surface area contributed by atoms with Crippen LogP contribution in [0.3, 0.4) is 0 Å². The van der Waals surface area contributed by atoms with Crippen LogP contribution in [0.25, 0.3) is 0 Å². The number of anilines is 1. The third kappa shape index (κ3) is 4.19. The molecule has 0 amide bonds. The molecule has 1 heterocycles. The maximum Gasteiger partial charge on any atom is 0.218 e. The van der Waals surface area contributed by atoms with Crippen molar-refractivity contribution >= 4 is 5.82 Å². The molecule has 0 bridgehead atoms. The van der Waals surface area contributed by atoms with Gasteiger partial charge in [-0.25, -0.2) is 4.98 Å². The lowest BCUT2D eigenvalue weighted by Gasteiger charge is -2.21. The minimum atomic E-state index is 0.207. The van der Waals surface area contributed by atoms with Gasteiger partial charge in [0.25, 0.3) is 0 Å². The number of hydrogen-bond acceptors (Lipinski definition) is 5. The summed E-state index contributed by atoms with van der Waals surface area (Å²) < 4.78 is 5.38. The van der Waals surface area contributed by atoms with E-state index in [-0.39, 0.29) is 6.04 Å². The van der Waals surface area contributed by atoms with Gasteiger partial charge in [-0.15, -0.1) is 0 Å². The van der Waals surface area contributed by atoms with Gasteiger partial charge >= 0.3 is 0 Å². The van der Waals surface area contributed by atoms with E-state index in [1.165, 1.54) is 0 Å². The normalized spacial score (nSPS) is 12.6. The van der Waals surface area contributed by atoms with Gasteiger partial charge < -0.3 is 15.8 Å². The van der Waals surface area contributed by atoms with Crippen LogP contribution in [-0.2, 0) is 0 Å². The Hall–Kier alpha value is -1.36. The highest BCUT2D eigenvalue weighted by Crippen LogP contribution is 2.15. The van der Waals surface area contributed by atoms with Crippen LogP contribution in [0.5, 0.6) is 5.88 Å². The van der Waals surface area contributed by atoms with E-state index in [4.69, 9.17) is 10.5 Å². The molecule has 0 fully saturated rings. The molecule has 1 unspecified atom stereocenters. The fraction of sp³-hybridized carbons (Fsp3) is 0.667. The van der Waals surface area contributed by atoms with Crippen molar-refractivity contribution in [2.45, 2.75) is 33.7 Å². The van der Waals surface area contributed by atoms with Crippen LogP contribution in [0, 0.1) is 12.8 Å². The van der Waals surface area contributed by atoms with Crippen LogP contribution in [-0.4, -0.2) is 29.2 Å². The molecule has 1 aromatic heterocycles. The quantitative estimate of drug-likeness (QED) is 0.787. The molecule has 96 valence electrons. The molecule has 0 saturated carbocycles. The molecule has 0 aliphatic heterocycles. The number of aryl methyl sites for hydroxylation is 1. The summed E-state index contributed by atoms with van der Waals surface area (Å²) in [5.74, 6) is 2.51. The molecule has 0 radical (unpaired) electrons. The lowest BCUT2D eigenvalue weighted by molar-refractivity contribution is 0.325. The van der Waals surface area contributed by atoms with Crippen molar-refractivity contribution in [1.29, 1.82) is 0 Å². The van der Waals surface area contributed by atoms with Crippen molar-refractivity contribution < 1.29 is 4.74 Å². The topological polar surface area (TPSA) is 73.1 Å². The summed E-state index contributed by atoms with van der Waals surface area (Å²) in [6, 6.07) is 2.01. The third-order valence-electron chi connectivity index (χ3n) is 2.50. The molecule has 5 heteroatoms. The van der Waals surface area contributed by atoms with Gasteiger partial charge in [0.1, 0.15) is 11.6 Å². The minimum Gasteiger partial charge on any atom is -0.478 e. The summed E-state index contributed by atoms with van der Waals surface area (Å²) in [6.07, 6.45) is 0. The highest BCUT2D eigenvalue weighted by Gasteiger charge is 2.12. The molecule has 17 heavy (non-hydrogen) atoms. The second-order valence-electron chi connectivity index (χ2n) is 4.30. The molecule has 1 atom stereocenters. The monoisotopic (exact) mass is 238 g/mol. The summed E-state index contributed by atoms with van der Waals surface area (Å²) >= 11 is 0. The predicted octanol–water partition coefficient (Wildman–Crippen LogP) is 1.58. The Kier molecular flexibility index (Phi) is 5.15. The largest absolute Gasteiger partial charge is 0.478 e. The number of nitrogens with zero attached hydrogens (tertiary/aromatic N) is 2. The van der Waals surface area contributed by atoms with Crippen molar-refractivity contribution in [3.63, 3.8) is 0 Å². The van der Waals surface area contributed by atoms with Gasteiger partial charge in [-0.05, 0) is 19.8 Å². The predicted molar refractivity (Wildman–Crippen MR) is 69.2 cm³/mol. The van der Waals surface area contributed by atoms with Crippen LogP contribution < -0.4 is 15.8 Å². The van der Waals surface area contributed by atoms with Crippen LogP contribution in [0.2, 0.25) is 0 Å². The Morgan fingerprint density at radius 3 is 2.65 bits per heavy atom. The average Bonchev–Trinajstić information content (AvgIpc) is 2.25. The van der Waals surface area contributed by atoms with Gasteiger partial charge in [0.05, 0.1) is 6.61 Å². The molecule has 3 N–H and O–H groups in total. The van der Waals surface area contributed by atoms with Crippen molar-refractivity contribution in [2.75, 3.05) is 18.5 Å². The summed E-state index contributed by atoms with van der Waals surface area (Å²) in [7, 11) is 0. The molecule has 0 aromatic carbocycles. The maximum atomic E-state index is 5.72. The molecule has 5 nitrogen and oxygen atoms in total. The van der Waals surface area contributed by atoms with Crippen molar-refractivity contribution in [2.24, 2.45) is 11.7 Å².